The number of carbonyl (C=O) groups excluding carboxylic acids is 2. The minimum Gasteiger partial charge on any atom is -0.396 e. The molecular weight excluding hydrogens is 232 g/mol. The standard InChI is InChI=1S/C13H20N2O3/c1-10(17)11-8-12(14-9-11)13(18)15(2)6-4-3-5-7-16/h8-9,14,16H,3-7H2,1-2H3. The van der Waals surface area contributed by atoms with Crippen LogP contribution in [0.15, 0.2) is 12.3 Å². The van der Waals surface area contributed by atoms with Gasteiger partial charge in [0.05, 0.1) is 0 Å². The summed E-state index contributed by atoms with van der Waals surface area (Å²) in [7, 11) is 1.73. The van der Waals surface area contributed by atoms with E-state index in [9.17, 15) is 9.59 Å². The highest BCUT2D eigenvalue weighted by Crippen LogP contribution is 2.08. The van der Waals surface area contributed by atoms with Crippen LogP contribution in [-0.4, -0.2) is 46.9 Å². The van der Waals surface area contributed by atoms with Crippen LogP contribution < -0.4 is 0 Å². The van der Waals surface area contributed by atoms with Crippen LogP contribution in [0.5, 0.6) is 0 Å². The lowest BCUT2D eigenvalue weighted by Crippen LogP contribution is -2.28. The molecule has 0 aliphatic carbocycles. The Kier molecular flexibility index (Phi) is 5.58. The van der Waals surface area contributed by atoms with Crippen LogP contribution in [0.25, 0.3) is 0 Å². The van der Waals surface area contributed by atoms with Crippen LogP contribution in [0, 0.1) is 0 Å². The molecule has 0 aliphatic heterocycles. The largest absolute Gasteiger partial charge is 0.396 e. The maximum absolute atomic E-state index is 12.0. The quantitative estimate of drug-likeness (QED) is 0.570. The lowest BCUT2D eigenvalue weighted by molar-refractivity contribution is 0.0787. The van der Waals surface area contributed by atoms with Crippen LogP contribution in [0.1, 0.15) is 47.0 Å². The lowest BCUT2D eigenvalue weighted by Gasteiger charge is -2.15. The first-order valence-electron chi connectivity index (χ1n) is 6.12. The highest BCUT2D eigenvalue weighted by Gasteiger charge is 2.14. The van der Waals surface area contributed by atoms with Crippen molar-refractivity contribution in [3.63, 3.8) is 0 Å². The van der Waals surface area contributed by atoms with Crippen molar-refractivity contribution in [2.24, 2.45) is 0 Å². The molecule has 0 saturated carbocycles. The van der Waals surface area contributed by atoms with Crippen molar-refractivity contribution < 1.29 is 14.7 Å². The van der Waals surface area contributed by atoms with Gasteiger partial charge in [-0.05, 0) is 32.3 Å². The molecule has 5 heteroatoms. The number of ketones is 1. The molecule has 1 heterocycles. The van der Waals surface area contributed by atoms with E-state index in [1.165, 1.54) is 6.92 Å². The Morgan fingerprint density at radius 3 is 2.61 bits per heavy atom. The molecule has 18 heavy (non-hydrogen) atoms. The lowest BCUT2D eigenvalue weighted by atomic mass is 10.2. The maximum Gasteiger partial charge on any atom is 0.270 e. The topological polar surface area (TPSA) is 73.4 Å². The van der Waals surface area contributed by atoms with Gasteiger partial charge in [-0.15, -0.1) is 0 Å². The van der Waals surface area contributed by atoms with Gasteiger partial charge in [-0.1, -0.05) is 0 Å². The van der Waals surface area contributed by atoms with Crippen LogP contribution in [-0.2, 0) is 0 Å². The van der Waals surface area contributed by atoms with Gasteiger partial charge in [0.1, 0.15) is 5.69 Å². The van der Waals surface area contributed by atoms with Gasteiger partial charge in [0.25, 0.3) is 5.91 Å². The van der Waals surface area contributed by atoms with Gasteiger partial charge in [-0.3, -0.25) is 9.59 Å². The fourth-order valence-corrected chi connectivity index (χ4v) is 1.67. The third-order valence-corrected chi connectivity index (χ3v) is 2.82. The average molecular weight is 252 g/mol. The number of hydrogen-bond acceptors (Lipinski definition) is 3. The zero-order valence-corrected chi connectivity index (χ0v) is 10.9. The number of carbonyl (C=O) groups is 2. The summed E-state index contributed by atoms with van der Waals surface area (Å²) >= 11 is 0. The van der Waals surface area contributed by atoms with Crippen LogP contribution >= 0.6 is 0 Å². The van der Waals surface area contributed by atoms with E-state index in [2.05, 4.69) is 4.98 Å². The van der Waals surface area contributed by atoms with Gasteiger partial charge in [0.2, 0.25) is 0 Å². The molecule has 1 rings (SSSR count). The van der Waals surface area contributed by atoms with Gasteiger partial charge in [-0.2, -0.15) is 0 Å². The monoisotopic (exact) mass is 252 g/mol. The number of amides is 1. The molecule has 0 saturated heterocycles. The number of aliphatic hydroxyl groups excluding tert-OH is 1. The van der Waals surface area contributed by atoms with Crippen LogP contribution in [0.2, 0.25) is 0 Å². The van der Waals surface area contributed by atoms with E-state index < -0.39 is 0 Å². The summed E-state index contributed by atoms with van der Waals surface area (Å²) in [5.74, 6) is -0.178. The molecule has 1 aromatic heterocycles. The molecule has 5 nitrogen and oxygen atoms in total. The van der Waals surface area contributed by atoms with Gasteiger partial charge in [-0.25, -0.2) is 0 Å². The van der Waals surface area contributed by atoms with Crippen molar-refractivity contribution in [1.82, 2.24) is 9.88 Å². The molecule has 1 amide bonds. The first kappa shape index (κ1) is 14.4. The Morgan fingerprint density at radius 1 is 1.33 bits per heavy atom. The summed E-state index contributed by atoms with van der Waals surface area (Å²) < 4.78 is 0. The molecule has 0 fully saturated rings. The molecule has 100 valence electrons. The van der Waals surface area contributed by atoms with E-state index in [-0.39, 0.29) is 18.3 Å². The number of aromatic amines is 1. The minimum absolute atomic E-state index is 0.0594. The predicted molar refractivity (Wildman–Crippen MR) is 68.7 cm³/mol. The molecule has 0 aliphatic rings. The van der Waals surface area contributed by atoms with Gasteiger partial charge < -0.3 is 15.0 Å². The van der Waals surface area contributed by atoms with Crippen molar-refractivity contribution >= 4 is 11.7 Å². The maximum atomic E-state index is 12.0. The highest BCUT2D eigenvalue weighted by molar-refractivity contribution is 5.98. The van der Waals surface area contributed by atoms with Crippen LogP contribution in [0.3, 0.4) is 0 Å². The van der Waals surface area contributed by atoms with E-state index in [1.54, 1.807) is 24.2 Å². The second-order valence-corrected chi connectivity index (χ2v) is 4.37. The molecule has 2 N–H and O–H groups in total. The SMILES string of the molecule is CC(=O)c1c[nH]c(C(=O)N(C)CCCCCO)c1. The Labute approximate surface area is 107 Å². The van der Waals surface area contributed by atoms with Gasteiger partial charge in [0, 0.05) is 32.0 Å². The number of H-pyrrole nitrogens is 1. The van der Waals surface area contributed by atoms with E-state index in [4.69, 9.17) is 5.11 Å². The second kappa shape index (κ2) is 6.96. The van der Waals surface area contributed by atoms with Gasteiger partial charge >= 0.3 is 0 Å². The molecule has 0 spiro atoms. The van der Waals surface area contributed by atoms with Crippen molar-refractivity contribution in [3.05, 3.63) is 23.5 Å². The van der Waals surface area contributed by atoms with Crippen molar-refractivity contribution in [3.8, 4) is 0 Å². The number of aromatic nitrogens is 1. The number of unbranched alkanes of at least 4 members (excludes halogenated alkanes) is 2. The number of aliphatic hydroxyl groups is 1. The zero-order valence-electron chi connectivity index (χ0n) is 10.9. The summed E-state index contributed by atoms with van der Waals surface area (Å²) in [6, 6.07) is 1.58. The Hall–Kier alpha value is -1.62. The molecule has 0 atom stereocenters. The predicted octanol–water partition coefficient (Wildman–Crippen LogP) is 1.45. The summed E-state index contributed by atoms with van der Waals surface area (Å²) in [5, 5.41) is 8.66. The van der Waals surface area contributed by atoms with E-state index in [0.717, 1.165) is 19.3 Å². The van der Waals surface area contributed by atoms with Crippen LogP contribution in [0.4, 0.5) is 0 Å². The highest BCUT2D eigenvalue weighted by atomic mass is 16.3. The fourth-order valence-electron chi connectivity index (χ4n) is 1.67. The summed E-state index contributed by atoms with van der Waals surface area (Å²) in [4.78, 5) is 27.5. The molecule has 0 radical (unpaired) electrons. The second-order valence-electron chi connectivity index (χ2n) is 4.37. The van der Waals surface area contributed by atoms with E-state index >= 15 is 0 Å². The first-order chi connectivity index (χ1) is 8.56. The molecule has 0 aromatic carbocycles. The number of rotatable bonds is 7. The third-order valence-electron chi connectivity index (χ3n) is 2.82. The number of hydrogen-bond donors (Lipinski definition) is 2. The zero-order chi connectivity index (χ0) is 13.5. The number of nitrogens with zero attached hydrogens (tertiary/aromatic N) is 1. The Morgan fingerprint density at radius 2 is 2.06 bits per heavy atom. The molecule has 0 bridgehead atoms. The Balaban J connectivity index is 2.49. The van der Waals surface area contributed by atoms with Gasteiger partial charge in [0.15, 0.2) is 5.78 Å². The smallest absolute Gasteiger partial charge is 0.270 e. The summed E-state index contributed by atoms with van der Waals surface area (Å²) in [6.07, 6.45) is 4.08. The summed E-state index contributed by atoms with van der Waals surface area (Å²) in [6.45, 7) is 2.31. The molecule has 1 aromatic rings. The first-order valence-corrected chi connectivity index (χ1v) is 6.12. The average Bonchev–Trinajstić information content (AvgIpc) is 2.83. The van der Waals surface area contributed by atoms with Crippen molar-refractivity contribution in [2.75, 3.05) is 20.2 Å². The van der Waals surface area contributed by atoms with E-state index in [1.807, 2.05) is 0 Å². The minimum atomic E-state index is -0.119. The molecule has 0 unspecified atom stereocenters. The Bertz CT molecular complexity index is 412. The summed E-state index contributed by atoms with van der Waals surface area (Å²) in [5.41, 5.74) is 0.955. The molecular formula is C13H20N2O3. The number of nitrogens with one attached hydrogen (secondary N) is 1. The normalized spacial score (nSPS) is 10.4. The van der Waals surface area contributed by atoms with E-state index in [0.29, 0.717) is 17.8 Å². The van der Waals surface area contributed by atoms with Crippen molar-refractivity contribution in [2.45, 2.75) is 26.2 Å². The van der Waals surface area contributed by atoms with Crippen molar-refractivity contribution in [1.29, 1.82) is 0 Å². The number of Topliss-reactive ketones (excluding diaryl/α,β-unsaturated/α-hetero) is 1. The fraction of sp³-hybridized carbons (Fsp3) is 0.538. The third kappa shape index (κ3) is 4.00.